The minimum atomic E-state index is -0.825. The van der Waals surface area contributed by atoms with E-state index in [1.807, 2.05) is 6.92 Å². The molecular formula is C15H21N3O7. The summed E-state index contributed by atoms with van der Waals surface area (Å²) in [6.07, 6.45) is -0.151. The Morgan fingerprint density at radius 2 is 2.24 bits per heavy atom. The molecule has 0 aliphatic carbocycles. The Hall–Kier alpha value is -2.62. The number of methoxy groups -OCH3 is 1. The first-order valence-corrected chi connectivity index (χ1v) is 7.81. The molecule has 1 aliphatic heterocycles. The van der Waals surface area contributed by atoms with Gasteiger partial charge in [0.1, 0.15) is 18.5 Å². The molecule has 2 heterocycles. The van der Waals surface area contributed by atoms with Gasteiger partial charge in [0.15, 0.2) is 6.23 Å². The van der Waals surface area contributed by atoms with Gasteiger partial charge in [0.05, 0.1) is 13.2 Å². The SMILES string of the molecule is CCc1c[nH]c(=O)nc1N[C@@H]1O[C@H](COC(=O)OC)C[C@H]1OC(C)=O. The maximum absolute atomic E-state index is 11.5. The highest BCUT2D eigenvalue weighted by Gasteiger charge is 2.38. The smallest absolute Gasteiger partial charge is 0.458 e. The number of hydrogen-bond donors (Lipinski definition) is 2. The Morgan fingerprint density at radius 3 is 2.88 bits per heavy atom. The number of aromatic nitrogens is 2. The first-order valence-electron chi connectivity index (χ1n) is 7.81. The molecule has 0 unspecified atom stereocenters. The molecule has 2 rings (SSSR count). The van der Waals surface area contributed by atoms with Crippen LogP contribution in [0, 0.1) is 0 Å². The highest BCUT2D eigenvalue weighted by atomic mass is 16.7. The van der Waals surface area contributed by atoms with Gasteiger partial charge in [0.25, 0.3) is 0 Å². The van der Waals surface area contributed by atoms with E-state index >= 15 is 0 Å². The zero-order valence-electron chi connectivity index (χ0n) is 14.2. The zero-order chi connectivity index (χ0) is 18.4. The summed E-state index contributed by atoms with van der Waals surface area (Å²) in [6, 6.07) is 0. The van der Waals surface area contributed by atoms with Gasteiger partial charge in [-0.3, -0.25) is 4.79 Å². The second-order valence-corrected chi connectivity index (χ2v) is 5.40. The second kappa shape index (κ2) is 8.47. The molecule has 1 aromatic rings. The number of carbonyl (C=O) groups excluding carboxylic acids is 2. The lowest BCUT2D eigenvalue weighted by atomic mass is 10.2. The molecule has 0 bridgehead atoms. The van der Waals surface area contributed by atoms with E-state index in [-0.39, 0.29) is 6.61 Å². The van der Waals surface area contributed by atoms with Crippen LogP contribution in [0.5, 0.6) is 0 Å². The monoisotopic (exact) mass is 355 g/mol. The number of aryl methyl sites for hydroxylation is 1. The summed E-state index contributed by atoms with van der Waals surface area (Å²) in [6.45, 7) is 3.15. The quantitative estimate of drug-likeness (QED) is 0.704. The molecule has 0 radical (unpaired) electrons. The predicted octanol–water partition coefficient (Wildman–Crippen LogP) is 0.574. The summed E-state index contributed by atoms with van der Waals surface area (Å²) in [4.78, 5) is 40.2. The van der Waals surface area contributed by atoms with Crippen molar-refractivity contribution in [3.63, 3.8) is 0 Å². The van der Waals surface area contributed by atoms with Gasteiger partial charge in [-0.1, -0.05) is 6.92 Å². The fourth-order valence-corrected chi connectivity index (χ4v) is 2.46. The fourth-order valence-electron chi connectivity index (χ4n) is 2.46. The van der Waals surface area contributed by atoms with Gasteiger partial charge in [0, 0.05) is 25.1 Å². The molecule has 0 saturated carbocycles. The standard InChI is InChI=1S/C15H21N3O7/c1-4-9-6-16-14(20)18-12(9)17-13-11(24-8(2)19)5-10(25-13)7-23-15(21)22-3/h6,10-11,13H,4-5,7H2,1-3H3,(H2,16,17,18,20)/t10-,11+,13+/m0/s1. The third-order valence-electron chi connectivity index (χ3n) is 3.59. The minimum Gasteiger partial charge on any atom is -0.458 e. The van der Waals surface area contributed by atoms with Crippen molar-refractivity contribution < 1.29 is 28.5 Å². The Bertz CT molecular complexity index is 675. The molecule has 1 aromatic heterocycles. The Balaban J connectivity index is 2.10. The van der Waals surface area contributed by atoms with Crippen molar-refractivity contribution in [2.75, 3.05) is 19.0 Å². The fraction of sp³-hybridized carbons (Fsp3) is 0.600. The summed E-state index contributed by atoms with van der Waals surface area (Å²) in [7, 11) is 1.20. The molecule has 3 atom stereocenters. The molecule has 0 amide bonds. The molecule has 1 saturated heterocycles. The molecule has 0 aromatic carbocycles. The first kappa shape index (κ1) is 18.7. The van der Waals surface area contributed by atoms with Crippen LogP contribution in [0.25, 0.3) is 0 Å². The summed E-state index contributed by atoms with van der Waals surface area (Å²) in [5, 5.41) is 2.99. The van der Waals surface area contributed by atoms with Crippen LogP contribution in [0.4, 0.5) is 10.6 Å². The van der Waals surface area contributed by atoms with Crippen molar-refractivity contribution in [1.82, 2.24) is 9.97 Å². The summed E-state index contributed by atoms with van der Waals surface area (Å²) in [5.41, 5.74) is 0.270. The molecule has 1 aliphatic rings. The number of carbonyl (C=O) groups is 2. The van der Waals surface area contributed by atoms with Gasteiger partial charge in [-0.25, -0.2) is 9.59 Å². The van der Waals surface area contributed by atoms with Gasteiger partial charge in [0.2, 0.25) is 0 Å². The van der Waals surface area contributed by atoms with Crippen LogP contribution in [0.3, 0.4) is 0 Å². The first-order chi connectivity index (χ1) is 11.9. The number of aromatic amines is 1. The summed E-state index contributed by atoms with van der Waals surface area (Å²) >= 11 is 0. The number of hydrogen-bond acceptors (Lipinski definition) is 9. The molecule has 10 nitrogen and oxygen atoms in total. The summed E-state index contributed by atoms with van der Waals surface area (Å²) < 4.78 is 20.3. The van der Waals surface area contributed by atoms with Crippen LogP contribution in [-0.2, 0) is 30.2 Å². The molecule has 25 heavy (non-hydrogen) atoms. The van der Waals surface area contributed by atoms with Crippen molar-refractivity contribution in [2.24, 2.45) is 0 Å². The van der Waals surface area contributed by atoms with E-state index in [2.05, 4.69) is 20.0 Å². The minimum absolute atomic E-state index is 0.0495. The lowest BCUT2D eigenvalue weighted by Gasteiger charge is -2.21. The topological polar surface area (TPSA) is 129 Å². The average Bonchev–Trinajstić information content (AvgIpc) is 2.93. The van der Waals surface area contributed by atoms with Gasteiger partial charge in [-0.05, 0) is 6.42 Å². The van der Waals surface area contributed by atoms with Crippen molar-refractivity contribution in [3.8, 4) is 0 Å². The number of anilines is 1. The Morgan fingerprint density at radius 1 is 1.48 bits per heavy atom. The molecule has 10 heteroatoms. The van der Waals surface area contributed by atoms with Crippen LogP contribution in [0.1, 0.15) is 25.8 Å². The number of rotatable bonds is 6. The molecule has 1 fully saturated rings. The van der Waals surface area contributed by atoms with E-state index in [0.717, 1.165) is 5.56 Å². The normalized spacial score (nSPS) is 22.3. The third-order valence-corrected chi connectivity index (χ3v) is 3.59. The van der Waals surface area contributed by atoms with E-state index in [1.165, 1.54) is 14.0 Å². The van der Waals surface area contributed by atoms with Crippen LogP contribution in [-0.4, -0.2) is 54.2 Å². The van der Waals surface area contributed by atoms with Crippen LogP contribution < -0.4 is 11.0 Å². The molecular weight excluding hydrogens is 334 g/mol. The molecule has 0 spiro atoms. The maximum Gasteiger partial charge on any atom is 0.508 e. The number of H-pyrrole nitrogens is 1. The predicted molar refractivity (Wildman–Crippen MR) is 85.0 cm³/mol. The van der Waals surface area contributed by atoms with Crippen LogP contribution in [0.2, 0.25) is 0 Å². The summed E-state index contributed by atoms with van der Waals surface area (Å²) in [5.74, 6) is -0.118. The zero-order valence-corrected chi connectivity index (χ0v) is 14.2. The average molecular weight is 355 g/mol. The largest absolute Gasteiger partial charge is 0.508 e. The van der Waals surface area contributed by atoms with Crippen molar-refractivity contribution in [1.29, 1.82) is 0 Å². The van der Waals surface area contributed by atoms with Crippen molar-refractivity contribution in [2.45, 2.75) is 45.1 Å². The van der Waals surface area contributed by atoms with Gasteiger partial charge >= 0.3 is 17.8 Å². The highest BCUT2D eigenvalue weighted by molar-refractivity contribution is 5.66. The van der Waals surface area contributed by atoms with E-state index < -0.39 is 36.3 Å². The van der Waals surface area contributed by atoms with E-state index in [0.29, 0.717) is 18.7 Å². The van der Waals surface area contributed by atoms with Crippen molar-refractivity contribution >= 4 is 17.9 Å². The maximum atomic E-state index is 11.5. The van der Waals surface area contributed by atoms with Gasteiger partial charge < -0.3 is 29.2 Å². The van der Waals surface area contributed by atoms with E-state index in [9.17, 15) is 14.4 Å². The number of nitrogens with one attached hydrogen (secondary N) is 2. The Kier molecular flexibility index (Phi) is 6.34. The number of nitrogens with zero attached hydrogens (tertiary/aromatic N) is 1. The Labute approximate surface area is 143 Å². The number of esters is 1. The van der Waals surface area contributed by atoms with Crippen LogP contribution >= 0.6 is 0 Å². The number of ether oxygens (including phenoxy) is 4. The second-order valence-electron chi connectivity index (χ2n) is 5.40. The van der Waals surface area contributed by atoms with E-state index in [4.69, 9.17) is 14.2 Å². The molecule has 138 valence electrons. The molecule has 2 N–H and O–H groups in total. The lowest BCUT2D eigenvalue weighted by Crippen LogP contribution is -2.34. The van der Waals surface area contributed by atoms with Crippen molar-refractivity contribution in [3.05, 3.63) is 22.2 Å². The third kappa shape index (κ3) is 5.18. The highest BCUT2D eigenvalue weighted by Crippen LogP contribution is 2.26. The van der Waals surface area contributed by atoms with Gasteiger partial charge in [-0.2, -0.15) is 4.98 Å². The lowest BCUT2D eigenvalue weighted by molar-refractivity contribution is -0.148. The van der Waals surface area contributed by atoms with Gasteiger partial charge in [-0.15, -0.1) is 0 Å². The van der Waals surface area contributed by atoms with E-state index in [1.54, 1.807) is 6.20 Å². The van der Waals surface area contributed by atoms with Crippen LogP contribution in [0.15, 0.2) is 11.0 Å².